The number of aryl methyl sites for hydroxylation is 1. The second kappa shape index (κ2) is 6.24. The normalized spacial score (nSPS) is 19.9. The zero-order chi connectivity index (χ0) is 18.4. The van der Waals surface area contributed by atoms with Gasteiger partial charge >= 0.3 is 0 Å². The summed E-state index contributed by atoms with van der Waals surface area (Å²) < 4.78 is 14.5. The molecule has 4 heteroatoms. The summed E-state index contributed by atoms with van der Waals surface area (Å²) in [6.45, 7) is 8.60. The minimum absolute atomic E-state index is 0.0124. The molecule has 3 nitrogen and oxygen atoms in total. The predicted molar refractivity (Wildman–Crippen MR) is 98.5 cm³/mol. The Bertz CT molecular complexity index is 776. The molecule has 1 fully saturated rings. The molecule has 0 aliphatic heterocycles. The fourth-order valence-corrected chi connectivity index (χ4v) is 4.21. The lowest BCUT2D eigenvalue weighted by Gasteiger charge is -2.07. The van der Waals surface area contributed by atoms with Crippen molar-refractivity contribution in [3.8, 4) is 0 Å². The largest absolute Gasteiger partial charge is 0.390 e. The Hall–Kier alpha value is -1.68. The third-order valence-electron chi connectivity index (χ3n) is 6.45. The Balaban J connectivity index is 1.88. The van der Waals surface area contributed by atoms with E-state index >= 15 is 0 Å². The van der Waals surface area contributed by atoms with Gasteiger partial charge in [0.25, 0.3) is 0 Å². The van der Waals surface area contributed by atoms with Gasteiger partial charge in [-0.05, 0) is 29.7 Å². The van der Waals surface area contributed by atoms with Crippen LogP contribution in [0, 0.1) is 16.7 Å². The van der Waals surface area contributed by atoms with E-state index in [-0.39, 0.29) is 22.5 Å². The fourth-order valence-electron chi connectivity index (χ4n) is 4.21. The molecule has 1 heterocycles. The molecule has 1 unspecified atom stereocenters. The van der Waals surface area contributed by atoms with Gasteiger partial charge in [0, 0.05) is 35.1 Å². The summed E-state index contributed by atoms with van der Waals surface area (Å²) in [5.41, 5.74) is 1.83. The average Bonchev–Trinajstić information content (AvgIpc) is 2.84. The number of hydrogen-bond acceptors (Lipinski definition) is 2. The second-order valence-corrected chi connectivity index (χ2v) is 8.44. The number of fused-ring (bicyclic) bond motifs is 1. The first-order valence-electron chi connectivity index (χ1n) is 9.08. The molecule has 1 atom stereocenters. The maximum absolute atomic E-state index is 13.2. The summed E-state index contributed by atoms with van der Waals surface area (Å²) in [6, 6.07) is 7.94. The minimum Gasteiger partial charge on any atom is -0.390 e. The molecule has 25 heavy (non-hydrogen) atoms. The fraction of sp³-hybridized carbons (Fsp3) is 0.571. The number of ketones is 1. The Morgan fingerprint density at radius 3 is 2.48 bits per heavy atom. The Labute approximate surface area is 148 Å². The van der Waals surface area contributed by atoms with E-state index in [4.69, 9.17) is 0 Å². The molecule has 1 aliphatic carbocycles. The van der Waals surface area contributed by atoms with Crippen LogP contribution >= 0.6 is 0 Å². The molecule has 0 amide bonds. The molecular weight excluding hydrogens is 317 g/mol. The van der Waals surface area contributed by atoms with Gasteiger partial charge in [-0.1, -0.05) is 45.9 Å². The van der Waals surface area contributed by atoms with E-state index in [1.54, 1.807) is 0 Å². The van der Waals surface area contributed by atoms with Crippen molar-refractivity contribution in [3.63, 3.8) is 0 Å². The van der Waals surface area contributed by atoms with E-state index in [0.717, 1.165) is 16.5 Å². The van der Waals surface area contributed by atoms with E-state index in [9.17, 15) is 14.3 Å². The van der Waals surface area contributed by atoms with Crippen molar-refractivity contribution in [2.75, 3.05) is 6.67 Å². The van der Waals surface area contributed by atoms with Gasteiger partial charge in [-0.2, -0.15) is 0 Å². The smallest absolute Gasteiger partial charge is 0.169 e. The summed E-state index contributed by atoms with van der Waals surface area (Å²) in [5, 5.41) is 10.4. The van der Waals surface area contributed by atoms with E-state index in [1.807, 2.05) is 30.5 Å². The van der Waals surface area contributed by atoms with Crippen LogP contribution < -0.4 is 0 Å². The van der Waals surface area contributed by atoms with Crippen molar-refractivity contribution >= 4 is 16.7 Å². The van der Waals surface area contributed by atoms with E-state index in [0.29, 0.717) is 19.4 Å². The quantitative estimate of drug-likeness (QED) is 0.744. The number of aromatic nitrogens is 1. The van der Waals surface area contributed by atoms with Crippen LogP contribution in [0.1, 0.15) is 50.9 Å². The Morgan fingerprint density at radius 2 is 1.88 bits per heavy atom. The zero-order valence-corrected chi connectivity index (χ0v) is 15.6. The lowest BCUT2D eigenvalue weighted by molar-refractivity contribution is 0.0946. The highest BCUT2D eigenvalue weighted by Gasteiger charge is 2.68. The van der Waals surface area contributed by atoms with Crippen molar-refractivity contribution in [1.82, 2.24) is 4.57 Å². The second-order valence-electron chi connectivity index (χ2n) is 8.44. The molecule has 0 saturated heterocycles. The third-order valence-corrected chi connectivity index (χ3v) is 6.45. The van der Waals surface area contributed by atoms with E-state index in [2.05, 4.69) is 32.3 Å². The van der Waals surface area contributed by atoms with Gasteiger partial charge < -0.3 is 9.67 Å². The number of nitrogens with zero attached hydrogens (tertiary/aromatic N) is 1. The van der Waals surface area contributed by atoms with Gasteiger partial charge in [0.15, 0.2) is 5.78 Å². The van der Waals surface area contributed by atoms with Gasteiger partial charge in [-0.3, -0.25) is 4.79 Å². The van der Waals surface area contributed by atoms with Crippen LogP contribution in [-0.4, -0.2) is 28.2 Å². The van der Waals surface area contributed by atoms with Crippen molar-refractivity contribution in [2.45, 2.75) is 53.2 Å². The minimum atomic E-state index is -0.893. The third kappa shape index (κ3) is 2.91. The topological polar surface area (TPSA) is 42.2 Å². The molecule has 1 aromatic carbocycles. The van der Waals surface area contributed by atoms with Crippen LogP contribution in [0.3, 0.4) is 0 Å². The summed E-state index contributed by atoms with van der Waals surface area (Å²) in [7, 11) is 0. The molecule has 1 aromatic heterocycles. The number of benzene rings is 1. The first-order chi connectivity index (χ1) is 11.7. The number of aliphatic hydroxyl groups excluding tert-OH is 1. The van der Waals surface area contributed by atoms with Gasteiger partial charge in [0.2, 0.25) is 0 Å². The number of aliphatic hydroxyl groups is 1. The predicted octanol–water partition coefficient (Wildman–Crippen LogP) is 4.62. The molecule has 2 aromatic rings. The van der Waals surface area contributed by atoms with E-state index in [1.165, 1.54) is 0 Å². The number of hydrogen-bond donors (Lipinski definition) is 1. The highest BCUT2D eigenvalue weighted by Crippen LogP contribution is 2.69. The van der Waals surface area contributed by atoms with Crippen molar-refractivity contribution < 1.29 is 14.3 Å². The number of Topliss-reactive ketones (excluding diaryl/α,β-unsaturated/α-hetero) is 1. The van der Waals surface area contributed by atoms with Crippen LogP contribution in [0.5, 0.6) is 0 Å². The first kappa shape index (κ1) is 18.1. The number of para-hydroxylation sites is 1. The summed E-state index contributed by atoms with van der Waals surface area (Å²) in [5.74, 6) is 0.251. The number of rotatable bonds is 7. The van der Waals surface area contributed by atoms with Gasteiger partial charge in [-0.25, -0.2) is 4.39 Å². The Kier molecular flexibility index (Phi) is 4.52. The van der Waals surface area contributed by atoms with Crippen LogP contribution in [0.4, 0.5) is 4.39 Å². The molecule has 1 saturated carbocycles. The molecule has 136 valence electrons. The van der Waals surface area contributed by atoms with Gasteiger partial charge in [0.05, 0.1) is 6.10 Å². The lowest BCUT2D eigenvalue weighted by atomic mass is 10.0. The molecule has 1 N–H and O–H groups in total. The maximum atomic E-state index is 13.2. The monoisotopic (exact) mass is 345 g/mol. The number of alkyl halides is 1. The molecule has 0 spiro atoms. The molecule has 0 radical (unpaired) electrons. The number of carbonyl (C=O) groups excluding carboxylic acids is 1. The van der Waals surface area contributed by atoms with Crippen molar-refractivity contribution in [1.29, 1.82) is 0 Å². The first-order valence-corrected chi connectivity index (χ1v) is 9.08. The van der Waals surface area contributed by atoms with Crippen LogP contribution in [-0.2, 0) is 6.54 Å². The summed E-state index contributed by atoms with van der Waals surface area (Å²) >= 11 is 0. The average molecular weight is 345 g/mol. The van der Waals surface area contributed by atoms with Gasteiger partial charge in [-0.15, -0.1) is 0 Å². The highest BCUT2D eigenvalue weighted by molar-refractivity contribution is 6.11. The van der Waals surface area contributed by atoms with E-state index < -0.39 is 12.8 Å². The highest BCUT2D eigenvalue weighted by atomic mass is 19.1. The molecule has 1 aliphatic rings. The standard InChI is InChI=1S/C21H28FNO2/c1-20(2)19(21(20,3)4)18(25)16-13-23(11-7-8-14(24)12-22)17-10-6-5-9-15(16)17/h5-6,9-10,13-14,19,24H,7-8,11-12H2,1-4H3. The van der Waals surface area contributed by atoms with Crippen molar-refractivity contribution in [2.24, 2.45) is 16.7 Å². The summed E-state index contributed by atoms with van der Waals surface area (Å²) in [4.78, 5) is 13.2. The SMILES string of the molecule is CC1(C)C(C(=O)c2cn(CCCC(O)CF)c3ccccc23)C1(C)C. The summed E-state index contributed by atoms with van der Waals surface area (Å²) in [6.07, 6.45) is 2.16. The zero-order valence-electron chi connectivity index (χ0n) is 15.6. The number of carbonyl (C=O) groups is 1. The number of halogens is 1. The lowest BCUT2D eigenvalue weighted by Crippen LogP contribution is -2.10. The van der Waals surface area contributed by atoms with Gasteiger partial charge in [0.1, 0.15) is 6.67 Å². The molecule has 0 bridgehead atoms. The van der Waals surface area contributed by atoms with Crippen LogP contribution in [0.2, 0.25) is 0 Å². The van der Waals surface area contributed by atoms with Crippen molar-refractivity contribution in [3.05, 3.63) is 36.0 Å². The molecule has 3 rings (SSSR count). The maximum Gasteiger partial charge on any atom is 0.169 e. The Morgan fingerprint density at radius 1 is 1.24 bits per heavy atom. The molecular formula is C21H28FNO2. The van der Waals surface area contributed by atoms with Crippen LogP contribution in [0.25, 0.3) is 10.9 Å². The van der Waals surface area contributed by atoms with Crippen LogP contribution in [0.15, 0.2) is 30.5 Å².